The first-order valence-corrected chi connectivity index (χ1v) is 10.3. The molecule has 1 aromatic rings. The maximum Gasteiger partial charge on any atom is 0.0783 e. The Hall–Kier alpha value is -0.0300. The molecule has 1 N–H and O–H groups in total. The molecule has 4 rings (SSSR count). The maximum atomic E-state index is 11.0. The van der Waals surface area contributed by atoms with Gasteiger partial charge in [-0.15, -0.1) is 11.3 Å². The topological polar surface area (TPSA) is 29.5 Å². The highest BCUT2D eigenvalue weighted by atomic mass is 32.2. The zero-order valence-electron chi connectivity index (χ0n) is 12.4. The van der Waals surface area contributed by atoms with Gasteiger partial charge in [0.2, 0.25) is 0 Å². The van der Waals surface area contributed by atoms with Crippen LogP contribution >= 0.6 is 23.1 Å². The third-order valence-corrected chi connectivity index (χ3v) is 7.81. The predicted octanol–water partition coefficient (Wildman–Crippen LogP) is 3.83. The number of fused-ring (bicyclic) bond motifs is 1. The Labute approximate surface area is 135 Å². The first-order valence-electron chi connectivity index (χ1n) is 8.23. The highest BCUT2D eigenvalue weighted by Gasteiger charge is 2.44. The minimum atomic E-state index is -0.176. The van der Waals surface area contributed by atoms with Crippen molar-refractivity contribution in [1.29, 1.82) is 0 Å². The number of aliphatic hydroxyl groups excluding tert-OH is 1. The van der Waals surface area contributed by atoms with Gasteiger partial charge >= 0.3 is 0 Å². The van der Waals surface area contributed by atoms with Crippen LogP contribution in [0.1, 0.15) is 48.5 Å². The molecule has 1 aliphatic carbocycles. The number of thiophene rings is 1. The fraction of sp³-hybridized carbons (Fsp3) is 0.765. The van der Waals surface area contributed by atoms with Crippen molar-refractivity contribution in [3.8, 4) is 0 Å². The van der Waals surface area contributed by atoms with E-state index in [4.69, 9.17) is 4.74 Å². The third-order valence-electron chi connectivity index (χ3n) is 5.59. The quantitative estimate of drug-likeness (QED) is 0.896. The van der Waals surface area contributed by atoms with E-state index in [-0.39, 0.29) is 11.7 Å². The van der Waals surface area contributed by atoms with E-state index in [2.05, 4.69) is 11.4 Å². The second kappa shape index (κ2) is 5.88. The number of aryl methyl sites for hydroxylation is 1. The van der Waals surface area contributed by atoms with Gasteiger partial charge in [0.25, 0.3) is 0 Å². The van der Waals surface area contributed by atoms with Crippen molar-refractivity contribution in [1.82, 2.24) is 0 Å². The van der Waals surface area contributed by atoms with Crippen molar-refractivity contribution in [3.63, 3.8) is 0 Å². The molecule has 3 heterocycles. The normalized spacial score (nSPS) is 37.6. The molecule has 4 atom stereocenters. The standard InChI is InChI=1S/C17H24O2S2/c18-16(14-2-1-3-15-13(14)5-8-21-15)12-4-7-19-17(10-12)6-9-20-11-17/h5,8,12,14,16,18H,1-4,6-7,9-11H2. The Morgan fingerprint density at radius 1 is 1.38 bits per heavy atom. The van der Waals surface area contributed by atoms with Gasteiger partial charge in [0.15, 0.2) is 0 Å². The van der Waals surface area contributed by atoms with Crippen LogP contribution in [0.2, 0.25) is 0 Å². The molecule has 2 saturated heterocycles. The van der Waals surface area contributed by atoms with E-state index in [9.17, 15) is 5.11 Å². The summed E-state index contributed by atoms with van der Waals surface area (Å²) in [6.45, 7) is 0.839. The highest BCUT2D eigenvalue weighted by molar-refractivity contribution is 7.99. The van der Waals surface area contributed by atoms with E-state index in [0.717, 1.165) is 31.6 Å². The van der Waals surface area contributed by atoms with Crippen LogP contribution in [-0.4, -0.2) is 34.9 Å². The van der Waals surface area contributed by atoms with Gasteiger partial charge in [-0.3, -0.25) is 0 Å². The average Bonchev–Trinajstić information content (AvgIpc) is 3.15. The van der Waals surface area contributed by atoms with E-state index >= 15 is 0 Å². The molecule has 2 fully saturated rings. The summed E-state index contributed by atoms with van der Waals surface area (Å²) in [7, 11) is 0. The van der Waals surface area contributed by atoms with Gasteiger partial charge in [-0.2, -0.15) is 11.8 Å². The Morgan fingerprint density at radius 2 is 2.33 bits per heavy atom. The number of rotatable bonds is 2. The SMILES string of the molecule is OC(C1CCOC2(CCSC2)C1)C1CCCc2sccc21. The van der Waals surface area contributed by atoms with Crippen molar-refractivity contribution in [3.05, 3.63) is 21.9 Å². The van der Waals surface area contributed by atoms with Gasteiger partial charge in [0.1, 0.15) is 0 Å². The Morgan fingerprint density at radius 3 is 3.19 bits per heavy atom. The van der Waals surface area contributed by atoms with Crippen LogP contribution in [0, 0.1) is 5.92 Å². The molecule has 4 unspecified atom stereocenters. The molecular formula is C17H24O2S2. The molecule has 3 aliphatic rings. The van der Waals surface area contributed by atoms with E-state index < -0.39 is 0 Å². The monoisotopic (exact) mass is 324 g/mol. The predicted molar refractivity (Wildman–Crippen MR) is 89.4 cm³/mol. The van der Waals surface area contributed by atoms with Crippen LogP contribution in [0.15, 0.2) is 11.4 Å². The molecule has 116 valence electrons. The van der Waals surface area contributed by atoms with Gasteiger partial charge in [-0.05, 0) is 67.2 Å². The zero-order valence-corrected chi connectivity index (χ0v) is 14.1. The number of ether oxygens (including phenoxy) is 1. The Bertz CT molecular complexity index is 493. The lowest BCUT2D eigenvalue weighted by atomic mass is 9.74. The first kappa shape index (κ1) is 14.6. The van der Waals surface area contributed by atoms with E-state index in [1.165, 1.54) is 35.5 Å². The first-order chi connectivity index (χ1) is 10.3. The largest absolute Gasteiger partial charge is 0.392 e. The van der Waals surface area contributed by atoms with Gasteiger partial charge in [-0.25, -0.2) is 0 Å². The molecule has 21 heavy (non-hydrogen) atoms. The van der Waals surface area contributed by atoms with Gasteiger partial charge in [0, 0.05) is 23.2 Å². The average molecular weight is 325 g/mol. The molecule has 0 aromatic carbocycles. The fourth-order valence-electron chi connectivity index (χ4n) is 4.43. The van der Waals surface area contributed by atoms with Crippen molar-refractivity contribution in [2.75, 3.05) is 18.1 Å². The number of hydrogen-bond donors (Lipinski definition) is 1. The second-order valence-corrected chi connectivity index (χ2v) is 8.98. The van der Waals surface area contributed by atoms with Crippen LogP contribution < -0.4 is 0 Å². The highest BCUT2D eigenvalue weighted by Crippen LogP contribution is 2.45. The Balaban J connectivity index is 1.51. The molecule has 0 amide bonds. The molecule has 2 aliphatic heterocycles. The van der Waals surface area contributed by atoms with Crippen molar-refractivity contribution >= 4 is 23.1 Å². The van der Waals surface area contributed by atoms with Crippen molar-refractivity contribution in [2.45, 2.75) is 56.1 Å². The minimum Gasteiger partial charge on any atom is -0.392 e. The fourth-order valence-corrected chi connectivity index (χ4v) is 6.80. The molecule has 4 heteroatoms. The van der Waals surface area contributed by atoms with Crippen LogP contribution in [0.3, 0.4) is 0 Å². The number of thioether (sulfide) groups is 1. The summed E-state index contributed by atoms with van der Waals surface area (Å²) in [4.78, 5) is 1.52. The molecule has 1 aromatic heterocycles. The molecule has 0 bridgehead atoms. The van der Waals surface area contributed by atoms with E-state index in [1.54, 1.807) is 0 Å². The molecule has 1 spiro atoms. The summed E-state index contributed by atoms with van der Waals surface area (Å²) < 4.78 is 6.12. The summed E-state index contributed by atoms with van der Waals surface area (Å²) in [6.07, 6.45) is 6.70. The van der Waals surface area contributed by atoms with Crippen molar-refractivity contribution in [2.24, 2.45) is 5.92 Å². The molecule has 2 nitrogen and oxygen atoms in total. The summed E-state index contributed by atoms with van der Waals surface area (Å²) >= 11 is 3.89. The van der Waals surface area contributed by atoms with Crippen LogP contribution in [-0.2, 0) is 11.2 Å². The smallest absolute Gasteiger partial charge is 0.0783 e. The van der Waals surface area contributed by atoms with E-state index in [1.807, 2.05) is 23.1 Å². The Kier molecular flexibility index (Phi) is 4.07. The lowest BCUT2D eigenvalue weighted by Crippen LogP contribution is -2.44. The lowest BCUT2D eigenvalue weighted by Gasteiger charge is -2.42. The summed E-state index contributed by atoms with van der Waals surface area (Å²) in [5, 5.41) is 13.3. The van der Waals surface area contributed by atoms with Gasteiger partial charge < -0.3 is 9.84 Å². The van der Waals surface area contributed by atoms with Crippen molar-refractivity contribution < 1.29 is 9.84 Å². The number of aliphatic hydroxyl groups is 1. The second-order valence-electron chi connectivity index (χ2n) is 6.88. The molecule has 0 radical (unpaired) electrons. The van der Waals surface area contributed by atoms with E-state index in [0.29, 0.717) is 11.8 Å². The number of hydrogen-bond acceptors (Lipinski definition) is 4. The lowest BCUT2D eigenvalue weighted by molar-refractivity contribution is -0.105. The molecule has 0 saturated carbocycles. The summed E-state index contributed by atoms with van der Waals surface area (Å²) in [5.41, 5.74) is 1.53. The van der Waals surface area contributed by atoms with Gasteiger partial charge in [0.05, 0.1) is 11.7 Å². The molecular weight excluding hydrogens is 300 g/mol. The van der Waals surface area contributed by atoms with Gasteiger partial charge in [-0.1, -0.05) is 0 Å². The maximum absolute atomic E-state index is 11.0. The van der Waals surface area contributed by atoms with Crippen LogP contribution in [0.25, 0.3) is 0 Å². The van der Waals surface area contributed by atoms with Crippen LogP contribution in [0.4, 0.5) is 0 Å². The summed E-state index contributed by atoms with van der Waals surface area (Å²) in [6, 6.07) is 2.26. The van der Waals surface area contributed by atoms with Crippen LogP contribution in [0.5, 0.6) is 0 Å². The zero-order chi connectivity index (χ0) is 14.3. The third kappa shape index (κ3) is 2.69. The minimum absolute atomic E-state index is 0.0840. The summed E-state index contributed by atoms with van der Waals surface area (Å²) in [5.74, 6) is 3.15.